The van der Waals surface area contributed by atoms with Crippen molar-refractivity contribution >= 4 is 15.8 Å². The van der Waals surface area contributed by atoms with Crippen molar-refractivity contribution in [2.24, 2.45) is 11.8 Å². The molecule has 1 saturated carbocycles. The minimum Gasteiger partial charge on any atom is -0.299 e. The van der Waals surface area contributed by atoms with Crippen molar-refractivity contribution in [3.05, 3.63) is 29.3 Å². The third kappa shape index (κ3) is 5.24. The van der Waals surface area contributed by atoms with E-state index in [0.717, 1.165) is 11.1 Å². The number of hydrogen-bond donors (Lipinski definition) is 0. The highest BCUT2D eigenvalue weighted by Crippen LogP contribution is 2.30. The number of ketones is 1. The summed E-state index contributed by atoms with van der Waals surface area (Å²) in [4.78, 5) is 13.2. The van der Waals surface area contributed by atoms with Gasteiger partial charge in [0, 0.05) is 25.4 Å². The van der Waals surface area contributed by atoms with E-state index in [0.29, 0.717) is 48.9 Å². The topological polar surface area (TPSA) is 54.5 Å². The minimum atomic E-state index is -3.47. The Bertz CT molecular complexity index is 771. The SMILES string of the molecule is Cc1ccc(S(=O)(=O)N2CCC(C(=O)CC3CCCCCCC3)CC2)c(C)c1. The lowest BCUT2D eigenvalue weighted by molar-refractivity contribution is -0.125. The van der Waals surface area contributed by atoms with Gasteiger partial charge in [0.1, 0.15) is 5.78 Å². The molecule has 2 aliphatic rings. The summed E-state index contributed by atoms with van der Waals surface area (Å²) >= 11 is 0. The molecule has 2 fully saturated rings. The van der Waals surface area contributed by atoms with Crippen molar-refractivity contribution in [2.75, 3.05) is 13.1 Å². The zero-order valence-corrected chi connectivity index (χ0v) is 18.3. The first kappa shape index (κ1) is 21.5. The Labute approximate surface area is 170 Å². The molecular weight excluding hydrogens is 370 g/mol. The number of benzene rings is 1. The molecule has 1 aromatic rings. The van der Waals surface area contributed by atoms with Crippen LogP contribution >= 0.6 is 0 Å². The van der Waals surface area contributed by atoms with Gasteiger partial charge in [-0.05, 0) is 44.2 Å². The Morgan fingerprint density at radius 3 is 2.18 bits per heavy atom. The summed E-state index contributed by atoms with van der Waals surface area (Å²) < 4.78 is 27.6. The molecule has 1 saturated heterocycles. The molecule has 4 nitrogen and oxygen atoms in total. The van der Waals surface area contributed by atoms with Crippen molar-refractivity contribution in [1.29, 1.82) is 0 Å². The summed E-state index contributed by atoms with van der Waals surface area (Å²) in [6, 6.07) is 5.48. The van der Waals surface area contributed by atoms with Crippen LogP contribution in [-0.2, 0) is 14.8 Å². The normalized spacial score (nSPS) is 21.2. The highest BCUT2D eigenvalue weighted by atomic mass is 32.2. The van der Waals surface area contributed by atoms with Gasteiger partial charge in [-0.2, -0.15) is 4.31 Å². The maximum absolute atomic E-state index is 13.0. The molecule has 1 aliphatic heterocycles. The number of carbonyl (C=O) groups is 1. The van der Waals surface area contributed by atoms with Gasteiger partial charge in [-0.15, -0.1) is 0 Å². The first-order chi connectivity index (χ1) is 13.4. The second kappa shape index (κ2) is 9.53. The summed E-state index contributed by atoms with van der Waals surface area (Å²) in [6.07, 6.45) is 10.9. The smallest absolute Gasteiger partial charge is 0.243 e. The molecule has 0 unspecified atom stereocenters. The van der Waals surface area contributed by atoms with Crippen LogP contribution in [0, 0.1) is 25.7 Å². The molecule has 0 aromatic heterocycles. The second-order valence-electron chi connectivity index (χ2n) is 8.83. The molecule has 0 spiro atoms. The van der Waals surface area contributed by atoms with Crippen LogP contribution in [0.25, 0.3) is 0 Å². The Balaban J connectivity index is 1.56. The fourth-order valence-electron chi connectivity index (χ4n) is 4.84. The Morgan fingerprint density at radius 1 is 0.964 bits per heavy atom. The maximum atomic E-state index is 13.0. The van der Waals surface area contributed by atoms with Crippen molar-refractivity contribution < 1.29 is 13.2 Å². The molecule has 1 aliphatic carbocycles. The standard InChI is InChI=1S/C23H35NO3S/c1-18-10-11-23(19(2)16-18)28(26,27)24-14-12-21(13-15-24)22(25)17-20-8-6-4-3-5-7-9-20/h10-11,16,20-21H,3-9,12-15,17H2,1-2H3. The van der Waals surface area contributed by atoms with E-state index in [1.54, 1.807) is 10.4 Å². The minimum absolute atomic E-state index is 0.0380. The van der Waals surface area contributed by atoms with Gasteiger partial charge in [-0.1, -0.05) is 62.6 Å². The fraction of sp³-hybridized carbons (Fsp3) is 0.696. The van der Waals surface area contributed by atoms with Gasteiger partial charge >= 0.3 is 0 Å². The van der Waals surface area contributed by atoms with Crippen LogP contribution in [-0.4, -0.2) is 31.6 Å². The lowest BCUT2D eigenvalue weighted by Crippen LogP contribution is -2.40. The number of sulfonamides is 1. The number of Topliss-reactive ketones (excluding diaryl/α,β-unsaturated/α-hetero) is 1. The Hall–Kier alpha value is -1.20. The van der Waals surface area contributed by atoms with Crippen LogP contribution in [0.5, 0.6) is 0 Å². The molecule has 3 rings (SSSR count). The van der Waals surface area contributed by atoms with E-state index in [1.807, 2.05) is 26.0 Å². The van der Waals surface area contributed by atoms with Crippen molar-refractivity contribution in [3.8, 4) is 0 Å². The van der Waals surface area contributed by atoms with Crippen LogP contribution in [0.4, 0.5) is 0 Å². The summed E-state index contributed by atoms with van der Waals surface area (Å²) in [5.74, 6) is 0.954. The van der Waals surface area contributed by atoms with Gasteiger partial charge in [0.25, 0.3) is 0 Å². The van der Waals surface area contributed by atoms with Crippen molar-refractivity contribution in [2.45, 2.75) is 83.0 Å². The van der Waals surface area contributed by atoms with Crippen LogP contribution in [0.15, 0.2) is 23.1 Å². The molecule has 1 aromatic carbocycles. The molecular formula is C23H35NO3S. The lowest BCUT2D eigenvalue weighted by Gasteiger charge is -2.31. The van der Waals surface area contributed by atoms with E-state index in [2.05, 4.69) is 0 Å². The van der Waals surface area contributed by atoms with Crippen LogP contribution in [0.2, 0.25) is 0 Å². The number of aryl methyl sites for hydroxylation is 2. The first-order valence-corrected chi connectivity index (χ1v) is 12.4. The van der Waals surface area contributed by atoms with Gasteiger partial charge in [-0.3, -0.25) is 4.79 Å². The number of carbonyl (C=O) groups excluding carboxylic acids is 1. The van der Waals surface area contributed by atoms with Gasteiger partial charge < -0.3 is 0 Å². The number of piperidine rings is 1. The van der Waals surface area contributed by atoms with E-state index in [9.17, 15) is 13.2 Å². The molecule has 0 amide bonds. The van der Waals surface area contributed by atoms with Gasteiger partial charge in [0.2, 0.25) is 10.0 Å². The van der Waals surface area contributed by atoms with Crippen molar-refractivity contribution in [1.82, 2.24) is 4.31 Å². The summed E-state index contributed by atoms with van der Waals surface area (Å²) in [5.41, 5.74) is 1.86. The molecule has 0 radical (unpaired) electrons. The summed E-state index contributed by atoms with van der Waals surface area (Å²) in [7, 11) is -3.47. The zero-order chi connectivity index (χ0) is 20.1. The number of nitrogens with zero attached hydrogens (tertiary/aromatic N) is 1. The van der Waals surface area contributed by atoms with Crippen molar-refractivity contribution in [3.63, 3.8) is 0 Å². The van der Waals surface area contributed by atoms with Gasteiger partial charge in [-0.25, -0.2) is 8.42 Å². The predicted molar refractivity (Wildman–Crippen MR) is 113 cm³/mol. The number of rotatable bonds is 5. The molecule has 0 atom stereocenters. The van der Waals surface area contributed by atoms with E-state index < -0.39 is 10.0 Å². The first-order valence-electron chi connectivity index (χ1n) is 11.0. The monoisotopic (exact) mass is 405 g/mol. The quantitative estimate of drug-likeness (QED) is 0.691. The van der Waals surface area contributed by atoms with Crippen LogP contribution < -0.4 is 0 Å². The molecule has 28 heavy (non-hydrogen) atoms. The van der Waals surface area contributed by atoms with Gasteiger partial charge in [0.15, 0.2) is 0 Å². The summed E-state index contributed by atoms with van der Waals surface area (Å²) in [6.45, 7) is 4.73. The Morgan fingerprint density at radius 2 is 1.57 bits per heavy atom. The lowest BCUT2D eigenvalue weighted by atomic mass is 9.83. The predicted octanol–water partition coefficient (Wildman–Crippen LogP) is 5.02. The van der Waals surface area contributed by atoms with E-state index >= 15 is 0 Å². The highest BCUT2D eigenvalue weighted by molar-refractivity contribution is 7.89. The molecule has 5 heteroatoms. The zero-order valence-electron chi connectivity index (χ0n) is 17.5. The van der Waals surface area contributed by atoms with E-state index in [4.69, 9.17) is 0 Å². The van der Waals surface area contributed by atoms with Crippen LogP contribution in [0.1, 0.15) is 75.3 Å². The molecule has 0 N–H and O–H groups in total. The van der Waals surface area contributed by atoms with E-state index in [-0.39, 0.29) is 5.92 Å². The average molecular weight is 406 g/mol. The molecule has 1 heterocycles. The third-order valence-electron chi connectivity index (χ3n) is 6.57. The summed E-state index contributed by atoms with van der Waals surface area (Å²) in [5, 5.41) is 0. The van der Waals surface area contributed by atoms with Crippen LogP contribution in [0.3, 0.4) is 0 Å². The molecule has 0 bridgehead atoms. The fourth-order valence-corrected chi connectivity index (χ4v) is 6.52. The van der Waals surface area contributed by atoms with Gasteiger partial charge in [0.05, 0.1) is 4.90 Å². The maximum Gasteiger partial charge on any atom is 0.243 e. The second-order valence-corrected chi connectivity index (χ2v) is 10.7. The Kier molecular flexibility index (Phi) is 7.32. The number of hydrogen-bond acceptors (Lipinski definition) is 3. The highest BCUT2D eigenvalue weighted by Gasteiger charge is 2.33. The molecule has 156 valence electrons. The average Bonchev–Trinajstić information content (AvgIpc) is 2.63. The largest absolute Gasteiger partial charge is 0.299 e. The third-order valence-corrected chi connectivity index (χ3v) is 8.63. The van der Waals surface area contributed by atoms with E-state index in [1.165, 1.54) is 44.9 Å².